The fraction of sp³-hybridized carbons (Fsp3) is 1.00. The Morgan fingerprint density at radius 1 is 1.17 bits per heavy atom. The van der Waals surface area contributed by atoms with Gasteiger partial charge in [-0.1, -0.05) is 13.8 Å². The summed E-state index contributed by atoms with van der Waals surface area (Å²) in [5, 5.41) is 14.5. The Bertz CT molecular complexity index is 315. The highest BCUT2D eigenvalue weighted by molar-refractivity contribution is 5.17. The summed E-state index contributed by atoms with van der Waals surface area (Å²) in [5.74, 6) is 0.646. The van der Waals surface area contributed by atoms with E-state index in [9.17, 15) is 5.11 Å². The van der Waals surface area contributed by atoms with E-state index in [1.54, 1.807) is 0 Å². The fourth-order valence-electron chi connectivity index (χ4n) is 4.78. The standard InChI is InChI=1S/C14H27N3O/c1-11(2)6-13-7-16-4-5-17(8-13)10-14(9-16,15-3)12(13)18/h11-12,15,18H,4-10H2,1-3H3. The predicted octanol–water partition coefficient (Wildman–Crippen LogP) is -0.0172. The van der Waals surface area contributed by atoms with Crippen molar-refractivity contribution in [2.45, 2.75) is 31.9 Å². The molecular formula is C14H27N3O. The number of nitrogens with zero attached hydrogens (tertiary/aromatic N) is 2. The van der Waals surface area contributed by atoms with Crippen LogP contribution in [0.15, 0.2) is 0 Å². The maximum absolute atomic E-state index is 11.0. The van der Waals surface area contributed by atoms with Gasteiger partial charge in [0.1, 0.15) is 0 Å². The van der Waals surface area contributed by atoms with Gasteiger partial charge in [0.15, 0.2) is 0 Å². The number of aliphatic hydroxyl groups excluding tert-OH is 1. The van der Waals surface area contributed by atoms with Crippen LogP contribution >= 0.6 is 0 Å². The molecule has 4 fully saturated rings. The van der Waals surface area contributed by atoms with Crippen LogP contribution < -0.4 is 5.32 Å². The van der Waals surface area contributed by atoms with Gasteiger partial charge in [-0.25, -0.2) is 0 Å². The summed E-state index contributed by atoms with van der Waals surface area (Å²) in [6.45, 7) is 11.0. The maximum Gasteiger partial charge on any atom is 0.0827 e. The molecule has 0 aromatic heterocycles. The molecule has 0 aromatic rings. The molecule has 18 heavy (non-hydrogen) atoms. The van der Waals surface area contributed by atoms with Crippen LogP contribution in [0.5, 0.6) is 0 Å². The van der Waals surface area contributed by atoms with E-state index in [1.165, 1.54) is 0 Å². The highest BCUT2D eigenvalue weighted by Crippen LogP contribution is 2.46. The zero-order valence-corrected chi connectivity index (χ0v) is 11.9. The number of piperidine rings is 2. The van der Waals surface area contributed by atoms with E-state index in [2.05, 4.69) is 29.0 Å². The summed E-state index contributed by atoms with van der Waals surface area (Å²) < 4.78 is 0. The molecule has 3 unspecified atom stereocenters. The lowest BCUT2D eigenvalue weighted by molar-refractivity contribution is -0.146. The normalized spacial score (nSPS) is 50.8. The summed E-state index contributed by atoms with van der Waals surface area (Å²) in [6, 6.07) is 0. The van der Waals surface area contributed by atoms with Crippen molar-refractivity contribution >= 4 is 0 Å². The van der Waals surface area contributed by atoms with Crippen molar-refractivity contribution in [3.63, 3.8) is 0 Å². The Morgan fingerprint density at radius 3 is 2.17 bits per heavy atom. The largest absolute Gasteiger partial charge is 0.390 e. The van der Waals surface area contributed by atoms with Gasteiger partial charge in [-0.05, 0) is 19.4 Å². The summed E-state index contributed by atoms with van der Waals surface area (Å²) in [5.41, 5.74) is -0.0356. The molecule has 4 heterocycles. The first-order chi connectivity index (χ1) is 8.50. The molecule has 4 nitrogen and oxygen atoms in total. The van der Waals surface area contributed by atoms with Crippen LogP contribution in [0, 0.1) is 11.3 Å². The summed E-state index contributed by atoms with van der Waals surface area (Å²) in [4.78, 5) is 5.14. The molecule has 0 aromatic carbocycles. The van der Waals surface area contributed by atoms with Crippen LogP contribution in [0.3, 0.4) is 0 Å². The first-order valence-corrected chi connectivity index (χ1v) is 7.31. The van der Waals surface area contributed by atoms with E-state index < -0.39 is 0 Å². The molecular weight excluding hydrogens is 226 g/mol. The molecule has 4 aliphatic heterocycles. The third-order valence-electron chi connectivity index (χ3n) is 5.24. The molecule has 4 rings (SSSR count). The highest BCUT2D eigenvalue weighted by Gasteiger charge is 2.60. The number of nitrogens with one attached hydrogen (secondary N) is 1. The maximum atomic E-state index is 11.0. The van der Waals surface area contributed by atoms with E-state index in [-0.39, 0.29) is 17.1 Å². The van der Waals surface area contributed by atoms with Crippen molar-refractivity contribution in [2.24, 2.45) is 11.3 Å². The molecule has 0 aliphatic carbocycles. The second-order valence-corrected chi connectivity index (χ2v) is 7.19. The van der Waals surface area contributed by atoms with Crippen LogP contribution in [-0.2, 0) is 0 Å². The number of fused-ring (bicyclic) bond motifs is 1. The summed E-state index contributed by atoms with van der Waals surface area (Å²) in [7, 11) is 2.02. The second kappa shape index (κ2) is 4.17. The van der Waals surface area contributed by atoms with E-state index in [1.807, 2.05) is 7.05 Å². The lowest BCUT2D eigenvalue weighted by Crippen LogP contribution is -2.77. The second-order valence-electron chi connectivity index (χ2n) is 7.19. The van der Waals surface area contributed by atoms with E-state index in [4.69, 9.17) is 0 Å². The zero-order chi connectivity index (χ0) is 13.0. The molecule has 0 amide bonds. The Morgan fingerprint density at radius 2 is 1.72 bits per heavy atom. The van der Waals surface area contributed by atoms with E-state index in [0.29, 0.717) is 5.92 Å². The summed E-state index contributed by atoms with van der Waals surface area (Å²) in [6.07, 6.45) is 0.924. The van der Waals surface area contributed by atoms with Crippen molar-refractivity contribution in [3.05, 3.63) is 0 Å². The Kier molecular flexibility index (Phi) is 2.98. The van der Waals surface area contributed by atoms with Gasteiger partial charge in [0.2, 0.25) is 0 Å². The van der Waals surface area contributed by atoms with Gasteiger partial charge >= 0.3 is 0 Å². The first-order valence-electron chi connectivity index (χ1n) is 7.31. The Hall–Kier alpha value is -0.160. The minimum atomic E-state index is -0.206. The van der Waals surface area contributed by atoms with Crippen LogP contribution in [0.4, 0.5) is 0 Å². The van der Waals surface area contributed by atoms with Crippen LogP contribution in [0.25, 0.3) is 0 Å². The molecule has 104 valence electrons. The third-order valence-corrected chi connectivity index (χ3v) is 5.24. The van der Waals surface area contributed by atoms with Gasteiger partial charge < -0.3 is 10.4 Å². The molecule has 0 radical (unpaired) electrons. The van der Waals surface area contributed by atoms with Crippen molar-refractivity contribution in [1.82, 2.24) is 15.1 Å². The molecule has 4 saturated heterocycles. The highest BCUT2D eigenvalue weighted by atomic mass is 16.3. The topological polar surface area (TPSA) is 38.7 Å². The SMILES string of the molecule is CNC12CN3CCN(CC(CC(C)C)(C3)C1O)C2. The van der Waals surface area contributed by atoms with Gasteiger partial charge in [-0.3, -0.25) is 9.80 Å². The predicted molar refractivity (Wildman–Crippen MR) is 72.6 cm³/mol. The fourth-order valence-corrected chi connectivity index (χ4v) is 4.78. The Labute approximate surface area is 110 Å². The average molecular weight is 253 g/mol. The van der Waals surface area contributed by atoms with Gasteiger partial charge in [-0.2, -0.15) is 0 Å². The lowest BCUT2D eigenvalue weighted by atomic mass is 9.63. The number of likely N-dealkylation sites (N-methyl/N-ethyl adjacent to an activating group) is 1. The number of hydrogen-bond acceptors (Lipinski definition) is 4. The minimum Gasteiger partial charge on any atom is -0.390 e. The monoisotopic (exact) mass is 253 g/mol. The molecule has 4 heteroatoms. The third kappa shape index (κ3) is 1.73. The first kappa shape index (κ1) is 12.9. The molecule has 4 bridgehead atoms. The van der Waals surface area contributed by atoms with Crippen molar-refractivity contribution in [2.75, 3.05) is 46.3 Å². The number of aliphatic hydroxyl groups is 1. The van der Waals surface area contributed by atoms with Gasteiger partial charge in [0.05, 0.1) is 11.6 Å². The van der Waals surface area contributed by atoms with Crippen LogP contribution in [0.2, 0.25) is 0 Å². The van der Waals surface area contributed by atoms with E-state index >= 15 is 0 Å². The van der Waals surface area contributed by atoms with Gasteiger partial charge in [0.25, 0.3) is 0 Å². The minimum absolute atomic E-state index is 0.0736. The number of hydrogen-bond donors (Lipinski definition) is 2. The van der Waals surface area contributed by atoms with Gasteiger partial charge in [0, 0.05) is 44.7 Å². The van der Waals surface area contributed by atoms with Crippen molar-refractivity contribution in [1.29, 1.82) is 0 Å². The summed E-state index contributed by atoms with van der Waals surface area (Å²) >= 11 is 0. The average Bonchev–Trinajstić information content (AvgIpc) is 2.52. The molecule has 0 spiro atoms. The van der Waals surface area contributed by atoms with E-state index in [0.717, 1.165) is 45.7 Å². The quantitative estimate of drug-likeness (QED) is 0.742. The molecule has 3 atom stereocenters. The smallest absolute Gasteiger partial charge is 0.0827 e. The molecule has 2 N–H and O–H groups in total. The molecule has 4 aliphatic rings. The van der Waals surface area contributed by atoms with Gasteiger partial charge in [-0.15, -0.1) is 0 Å². The zero-order valence-electron chi connectivity index (χ0n) is 11.9. The number of rotatable bonds is 3. The van der Waals surface area contributed by atoms with Crippen LogP contribution in [-0.4, -0.2) is 72.9 Å². The van der Waals surface area contributed by atoms with Crippen LogP contribution in [0.1, 0.15) is 20.3 Å². The lowest BCUT2D eigenvalue weighted by Gasteiger charge is -2.60. The van der Waals surface area contributed by atoms with Crippen molar-refractivity contribution in [3.8, 4) is 0 Å². The van der Waals surface area contributed by atoms with Crippen molar-refractivity contribution < 1.29 is 5.11 Å². The molecule has 0 saturated carbocycles. The Balaban J connectivity index is 1.99.